The highest BCUT2D eigenvalue weighted by atomic mass is 16.5. The van der Waals surface area contributed by atoms with E-state index in [9.17, 15) is 4.79 Å². The van der Waals surface area contributed by atoms with Crippen molar-refractivity contribution >= 4 is 17.9 Å². The number of allylic oxidation sites excluding steroid dienone is 2. The zero-order chi connectivity index (χ0) is 21.4. The van der Waals surface area contributed by atoms with Crippen LogP contribution in [0.2, 0.25) is 0 Å². The summed E-state index contributed by atoms with van der Waals surface area (Å²) in [5, 5.41) is 0. The molecule has 0 spiro atoms. The smallest absolute Gasteiger partial charge is 0.178 e. The summed E-state index contributed by atoms with van der Waals surface area (Å²) in [6.07, 6.45) is 9.35. The molecule has 0 amide bonds. The van der Waals surface area contributed by atoms with Gasteiger partial charge in [0.05, 0.1) is 12.5 Å². The predicted octanol–water partition coefficient (Wildman–Crippen LogP) is 5.06. The lowest BCUT2D eigenvalue weighted by Crippen LogP contribution is -2.03. The van der Waals surface area contributed by atoms with Crippen LogP contribution in [0.3, 0.4) is 0 Å². The van der Waals surface area contributed by atoms with Crippen molar-refractivity contribution in [2.75, 3.05) is 26.4 Å². The van der Waals surface area contributed by atoms with Gasteiger partial charge in [0.25, 0.3) is 0 Å². The molecule has 0 saturated heterocycles. The highest BCUT2D eigenvalue weighted by Crippen LogP contribution is 2.14. The number of hydrogen-bond donors (Lipinski definition) is 0. The molecular formula is C25H26O5. The zero-order valence-corrected chi connectivity index (χ0v) is 16.9. The number of rotatable bonds is 14. The number of ether oxygens (including phenoxy) is 4. The molecule has 5 heteroatoms. The molecular weight excluding hydrogens is 380 g/mol. The average Bonchev–Trinajstić information content (AvgIpc) is 2.78. The van der Waals surface area contributed by atoms with Gasteiger partial charge in [-0.05, 0) is 47.5 Å². The van der Waals surface area contributed by atoms with Crippen LogP contribution in [0.1, 0.15) is 11.1 Å². The Balaban J connectivity index is 1.78. The molecule has 0 fully saturated rings. The summed E-state index contributed by atoms with van der Waals surface area (Å²) in [4.78, 5) is 12.1. The molecule has 0 aliphatic heterocycles. The Hall–Kier alpha value is -3.73. The van der Waals surface area contributed by atoms with Crippen molar-refractivity contribution in [1.82, 2.24) is 0 Å². The van der Waals surface area contributed by atoms with Crippen molar-refractivity contribution in [1.29, 1.82) is 0 Å². The molecule has 2 aromatic rings. The van der Waals surface area contributed by atoms with Crippen LogP contribution in [0, 0.1) is 0 Å². The summed E-state index contributed by atoms with van der Waals surface area (Å²) in [7, 11) is 0. The molecule has 0 unspecified atom stereocenters. The molecule has 0 aromatic heterocycles. The molecule has 2 aromatic carbocycles. The van der Waals surface area contributed by atoms with E-state index in [1.54, 1.807) is 12.2 Å². The third kappa shape index (κ3) is 8.97. The van der Waals surface area contributed by atoms with Gasteiger partial charge >= 0.3 is 0 Å². The standard InChI is InChI=1S/C25H26O5/c1-3-27-17-19-29-24-13-7-21(8-14-24)5-11-23(26)12-6-22-9-15-25(16-10-22)30-20-18-28-4-2/h3-16H,1-2,17-20H2. The van der Waals surface area contributed by atoms with Gasteiger partial charge in [0.15, 0.2) is 5.78 Å². The fraction of sp³-hybridized carbons (Fsp3) is 0.160. The largest absolute Gasteiger partial charge is 0.498 e. The number of ketones is 1. The van der Waals surface area contributed by atoms with Gasteiger partial charge < -0.3 is 18.9 Å². The fourth-order valence-corrected chi connectivity index (χ4v) is 2.34. The molecule has 0 aliphatic rings. The molecule has 5 nitrogen and oxygen atoms in total. The summed E-state index contributed by atoms with van der Waals surface area (Å²) in [6.45, 7) is 8.74. The molecule has 0 atom stereocenters. The van der Waals surface area contributed by atoms with E-state index in [0.29, 0.717) is 26.4 Å². The highest BCUT2D eigenvalue weighted by molar-refractivity contribution is 6.04. The van der Waals surface area contributed by atoms with E-state index in [2.05, 4.69) is 13.2 Å². The normalized spacial score (nSPS) is 10.7. The van der Waals surface area contributed by atoms with E-state index < -0.39 is 0 Å². The van der Waals surface area contributed by atoms with E-state index in [1.165, 1.54) is 24.7 Å². The Morgan fingerprint density at radius 1 is 0.667 bits per heavy atom. The maximum atomic E-state index is 12.1. The Morgan fingerprint density at radius 2 is 1.07 bits per heavy atom. The monoisotopic (exact) mass is 406 g/mol. The van der Waals surface area contributed by atoms with Crippen LogP contribution in [-0.2, 0) is 14.3 Å². The first-order valence-electron chi connectivity index (χ1n) is 9.52. The SMILES string of the molecule is C=COCCOc1ccc(C=CC(=O)C=Cc2ccc(OCCOC=C)cc2)cc1. The van der Waals surface area contributed by atoms with Gasteiger partial charge in [-0.1, -0.05) is 49.6 Å². The molecule has 0 saturated carbocycles. The number of hydrogen-bond acceptors (Lipinski definition) is 5. The lowest BCUT2D eigenvalue weighted by molar-refractivity contribution is -0.110. The minimum absolute atomic E-state index is 0.0983. The van der Waals surface area contributed by atoms with Crippen molar-refractivity contribution in [2.45, 2.75) is 0 Å². The molecule has 0 radical (unpaired) electrons. The third-order valence-corrected chi connectivity index (χ3v) is 3.82. The molecule has 0 aliphatic carbocycles. The van der Waals surface area contributed by atoms with Crippen LogP contribution in [0.15, 0.2) is 86.4 Å². The van der Waals surface area contributed by atoms with Crippen molar-refractivity contribution in [3.05, 3.63) is 97.5 Å². The first kappa shape index (κ1) is 22.6. The maximum Gasteiger partial charge on any atom is 0.178 e. The van der Waals surface area contributed by atoms with Crippen LogP contribution < -0.4 is 9.47 Å². The third-order valence-electron chi connectivity index (χ3n) is 3.82. The first-order valence-corrected chi connectivity index (χ1v) is 9.52. The van der Waals surface area contributed by atoms with Gasteiger partial charge in [0, 0.05) is 0 Å². The number of benzene rings is 2. The van der Waals surface area contributed by atoms with E-state index in [4.69, 9.17) is 18.9 Å². The molecule has 0 heterocycles. The lowest BCUT2D eigenvalue weighted by Gasteiger charge is -2.05. The quantitative estimate of drug-likeness (QED) is 0.249. The Kier molecular flexibility index (Phi) is 10.1. The second kappa shape index (κ2) is 13.4. The molecule has 156 valence electrons. The van der Waals surface area contributed by atoms with Crippen molar-refractivity contribution in [3.63, 3.8) is 0 Å². The molecule has 0 N–H and O–H groups in total. The van der Waals surface area contributed by atoms with Crippen LogP contribution in [0.4, 0.5) is 0 Å². The van der Waals surface area contributed by atoms with Crippen LogP contribution in [0.5, 0.6) is 11.5 Å². The first-order chi connectivity index (χ1) is 14.7. The minimum atomic E-state index is -0.0983. The van der Waals surface area contributed by atoms with Crippen molar-refractivity contribution in [2.24, 2.45) is 0 Å². The van der Waals surface area contributed by atoms with Crippen molar-refractivity contribution < 1.29 is 23.7 Å². The van der Waals surface area contributed by atoms with Gasteiger partial charge in [-0.3, -0.25) is 4.79 Å². The predicted molar refractivity (Wildman–Crippen MR) is 119 cm³/mol. The maximum absolute atomic E-state index is 12.1. The average molecular weight is 406 g/mol. The van der Waals surface area contributed by atoms with Crippen LogP contribution in [-0.4, -0.2) is 32.2 Å². The molecule has 2 rings (SSSR count). The molecule has 0 bridgehead atoms. The van der Waals surface area contributed by atoms with E-state index in [1.807, 2.05) is 48.5 Å². The lowest BCUT2D eigenvalue weighted by atomic mass is 10.1. The van der Waals surface area contributed by atoms with Gasteiger partial charge in [-0.2, -0.15) is 0 Å². The fourth-order valence-electron chi connectivity index (χ4n) is 2.34. The van der Waals surface area contributed by atoms with Crippen LogP contribution in [0.25, 0.3) is 12.2 Å². The van der Waals surface area contributed by atoms with E-state index in [0.717, 1.165) is 22.6 Å². The van der Waals surface area contributed by atoms with Gasteiger partial charge in [-0.15, -0.1) is 0 Å². The number of carbonyl (C=O) groups excluding carboxylic acids is 1. The second-order valence-electron chi connectivity index (χ2n) is 5.98. The topological polar surface area (TPSA) is 54.0 Å². The zero-order valence-electron chi connectivity index (χ0n) is 16.9. The van der Waals surface area contributed by atoms with Gasteiger partial charge in [-0.25, -0.2) is 0 Å². The summed E-state index contributed by atoms with van der Waals surface area (Å²) < 4.78 is 21.0. The highest BCUT2D eigenvalue weighted by Gasteiger charge is 1.96. The second-order valence-corrected chi connectivity index (χ2v) is 5.98. The summed E-state index contributed by atoms with van der Waals surface area (Å²) in [5.74, 6) is 1.39. The Morgan fingerprint density at radius 3 is 1.43 bits per heavy atom. The summed E-state index contributed by atoms with van der Waals surface area (Å²) >= 11 is 0. The van der Waals surface area contributed by atoms with Crippen LogP contribution >= 0.6 is 0 Å². The minimum Gasteiger partial charge on any atom is -0.498 e. The van der Waals surface area contributed by atoms with E-state index in [-0.39, 0.29) is 5.78 Å². The summed E-state index contributed by atoms with van der Waals surface area (Å²) in [5.41, 5.74) is 1.82. The van der Waals surface area contributed by atoms with E-state index >= 15 is 0 Å². The number of carbonyl (C=O) groups is 1. The van der Waals surface area contributed by atoms with Crippen molar-refractivity contribution in [3.8, 4) is 11.5 Å². The Bertz CT molecular complexity index is 777. The van der Waals surface area contributed by atoms with Gasteiger partial charge in [0.2, 0.25) is 0 Å². The summed E-state index contributed by atoms with van der Waals surface area (Å²) in [6, 6.07) is 14.9. The van der Waals surface area contributed by atoms with Gasteiger partial charge in [0.1, 0.15) is 37.9 Å². The Labute approximate surface area is 177 Å². The molecule has 30 heavy (non-hydrogen) atoms.